The van der Waals surface area contributed by atoms with Crippen molar-refractivity contribution in [3.63, 3.8) is 0 Å². The van der Waals surface area contributed by atoms with Crippen LogP contribution in [0, 0.1) is 0 Å². The Balaban J connectivity index is 0.000000181. The molecule has 2 heterocycles. The van der Waals surface area contributed by atoms with E-state index in [1.807, 2.05) is 85.0 Å². The molecule has 2 aromatic heterocycles. The van der Waals surface area contributed by atoms with Gasteiger partial charge in [-0.2, -0.15) is 0 Å². The van der Waals surface area contributed by atoms with Crippen molar-refractivity contribution in [1.82, 2.24) is 19.9 Å². The molecule has 4 rings (SSSR count). The minimum atomic E-state index is 0.153. The number of hydrogen-bond donors (Lipinski definition) is 0. The maximum atomic E-state index is 5.76. The average Bonchev–Trinajstić information content (AvgIpc) is 2.77. The zero-order valence-corrected chi connectivity index (χ0v) is 19.6. The number of benzene rings is 2. The fraction of sp³-hybridized carbons (Fsp3) is 0. The molecule has 0 N–H and O–H groups in total. The van der Waals surface area contributed by atoms with E-state index >= 15 is 0 Å². The molecule has 0 fully saturated rings. The van der Waals surface area contributed by atoms with Gasteiger partial charge in [-0.1, -0.05) is 96.0 Å². The van der Waals surface area contributed by atoms with Crippen LogP contribution in [0.5, 0.6) is 0 Å². The van der Waals surface area contributed by atoms with Gasteiger partial charge in [0.15, 0.2) is 0 Å². The van der Waals surface area contributed by atoms with E-state index in [1.54, 1.807) is 12.1 Å². The fourth-order valence-corrected chi connectivity index (χ4v) is 3.32. The lowest BCUT2D eigenvalue weighted by molar-refractivity contribution is 1.15. The number of halogens is 4. The standard InChI is InChI=1S/2C12H8Cl2N2/c2*13-11-8-10(15-12(14)16-11)7-6-9-4-2-1-3-5-9/h2*1-8H/b2*7-6+. The first-order valence-corrected chi connectivity index (χ1v) is 10.9. The summed E-state index contributed by atoms with van der Waals surface area (Å²) in [6.07, 6.45) is 7.56. The Morgan fingerprint density at radius 1 is 0.469 bits per heavy atom. The first-order chi connectivity index (χ1) is 15.5. The lowest BCUT2D eigenvalue weighted by atomic mass is 10.2. The Kier molecular flexibility index (Phi) is 9.20. The summed E-state index contributed by atoms with van der Waals surface area (Å²) in [6, 6.07) is 23.1. The average molecular weight is 502 g/mol. The van der Waals surface area contributed by atoms with Gasteiger partial charge in [0.25, 0.3) is 0 Å². The van der Waals surface area contributed by atoms with Crippen LogP contribution in [-0.2, 0) is 0 Å². The molecule has 0 amide bonds. The second-order valence-electron chi connectivity index (χ2n) is 6.26. The van der Waals surface area contributed by atoms with Crippen LogP contribution in [0.1, 0.15) is 22.5 Å². The molecule has 160 valence electrons. The summed E-state index contributed by atoms with van der Waals surface area (Å²) in [5, 5.41) is 0.987. The van der Waals surface area contributed by atoms with Crippen LogP contribution in [0.25, 0.3) is 24.3 Å². The quantitative estimate of drug-likeness (QED) is 0.210. The van der Waals surface area contributed by atoms with Crippen molar-refractivity contribution >= 4 is 70.7 Å². The smallest absolute Gasteiger partial charge is 0.218 e. The van der Waals surface area contributed by atoms with E-state index in [0.717, 1.165) is 11.1 Å². The van der Waals surface area contributed by atoms with Gasteiger partial charge in [-0.05, 0) is 46.5 Å². The molecule has 0 aliphatic heterocycles. The second-order valence-corrected chi connectivity index (χ2v) is 7.71. The SMILES string of the molecule is Clc1cc(/C=C/c2ccccc2)nc(Cl)n1.Clc1cc(/C=C/c2ccccc2)nc(Cl)n1. The molecule has 0 aliphatic rings. The van der Waals surface area contributed by atoms with Gasteiger partial charge in [0.05, 0.1) is 11.4 Å². The van der Waals surface area contributed by atoms with Crippen LogP contribution in [-0.4, -0.2) is 19.9 Å². The first kappa shape index (κ1) is 23.9. The number of aromatic nitrogens is 4. The van der Waals surface area contributed by atoms with E-state index in [4.69, 9.17) is 46.4 Å². The molecule has 0 unspecified atom stereocenters. The zero-order valence-electron chi connectivity index (χ0n) is 16.5. The monoisotopic (exact) mass is 500 g/mol. The Morgan fingerprint density at radius 2 is 0.844 bits per heavy atom. The van der Waals surface area contributed by atoms with E-state index < -0.39 is 0 Å². The van der Waals surface area contributed by atoms with E-state index in [-0.39, 0.29) is 10.6 Å². The van der Waals surface area contributed by atoms with Gasteiger partial charge in [0.1, 0.15) is 10.3 Å². The highest BCUT2D eigenvalue weighted by Gasteiger charge is 1.98. The molecule has 0 bridgehead atoms. The van der Waals surface area contributed by atoms with Crippen molar-refractivity contribution in [2.45, 2.75) is 0 Å². The summed E-state index contributed by atoms with van der Waals surface area (Å²) in [5.74, 6) is 0. The van der Waals surface area contributed by atoms with E-state index in [1.165, 1.54) is 0 Å². The van der Waals surface area contributed by atoms with Crippen molar-refractivity contribution < 1.29 is 0 Å². The highest BCUT2D eigenvalue weighted by Crippen LogP contribution is 2.14. The predicted molar refractivity (Wildman–Crippen MR) is 135 cm³/mol. The van der Waals surface area contributed by atoms with E-state index in [9.17, 15) is 0 Å². The van der Waals surface area contributed by atoms with Gasteiger partial charge in [0, 0.05) is 12.1 Å². The highest BCUT2D eigenvalue weighted by atomic mass is 35.5. The summed E-state index contributed by atoms with van der Waals surface area (Å²) in [6.45, 7) is 0. The predicted octanol–water partition coefficient (Wildman–Crippen LogP) is 7.91. The Bertz CT molecular complexity index is 1080. The molecule has 0 aliphatic carbocycles. The summed E-state index contributed by atoms with van der Waals surface area (Å²) in [5.41, 5.74) is 3.56. The Morgan fingerprint density at radius 3 is 1.19 bits per heavy atom. The van der Waals surface area contributed by atoms with Gasteiger partial charge in [-0.25, -0.2) is 19.9 Å². The minimum Gasteiger partial charge on any atom is -0.218 e. The third-order valence-electron chi connectivity index (χ3n) is 3.87. The summed E-state index contributed by atoms with van der Waals surface area (Å²) in [7, 11) is 0. The third-order valence-corrected chi connectivity index (χ3v) is 4.59. The maximum Gasteiger partial charge on any atom is 0.224 e. The zero-order chi connectivity index (χ0) is 22.8. The van der Waals surface area contributed by atoms with Crippen LogP contribution in [0.2, 0.25) is 20.9 Å². The van der Waals surface area contributed by atoms with E-state index in [2.05, 4.69) is 19.9 Å². The molecule has 0 saturated carbocycles. The van der Waals surface area contributed by atoms with Crippen molar-refractivity contribution in [3.05, 3.63) is 116 Å². The lowest BCUT2D eigenvalue weighted by Crippen LogP contribution is -1.86. The molecule has 0 spiro atoms. The largest absolute Gasteiger partial charge is 0.224 e. The first-order valence-electron chi connectivity index (χ1n) is 9.34. The Hall–Kier alpha value is -2.76. The van der Waals surface area contributed by atoms with Crippen LogP contribution in [0.3, 0.4) is 0 Å². The number of rotatable bonds is 4. The fourth-order valence-electron chi connectivity index (χ4n) is 2.47. The van der Waals surface area contributed by atoms with Gasteiger partial charge in [0.2, 0.25) is 10.6 Å². The molecule has 2 aromatic carbocycles. The van der Waals surface area contributed by atoms with Crippen LogP contribution in [0.15, 0.2) is 72.8 Å². The van der Waals surface area contributed by atoms with Crippen LogP contribution < -0.4 is 0 Å². The van der Waals surface area contributed by atoms with Gasteiger partial charge < -0.3 is 0 Å². The topological polar surface area (TPSA) is 51.6 Å². The van der Waals surface area contributed by atoms with Gasteiger partial charge in [-0.15, -0.1) is 0 Å². The summed E-state index contributed by atoms with van der Waals surface area (Å²) in [4.78, 5) is 15.6. The second kappa shape index (κ2) is 12.3. The van der Waals surface area contributed by atoms with Crippen LogP contribution in [0.4, 0.5) is 0 Å². The third kappa shape index (κ3) is 8.40. The molecule has 0 atom stereocenters. The molecule has 4 aromatic rings. The molecule has 0 radical (unpaired) electrons. The number of hydrogen-bond acceptors (Lipinski definition) is 4. The normalized spacial score (nSPS) is 10.9. The molecular formula is C24H16Cl4N4. The van der Waals surface area contributed by atoms with Crippen molar-refractivity contribution in [2.24, 2.45) is 0 Å². The van der Waals surface area contributed by atoms with Gasteiger partial charge >= 0.3 is 0 Å². The molecule has 8 heteroatoms. The summed E-state index contributed by atoms with van der Waals surface area (Å²) < 4.78 is 0. The number of nitrogens with zero attached hydrogens (tertiary/aromatic N) is 4. The van der Waals surface area contributed by atoms with Crippen LogP contribution >= 0.6 is 46.4 Å². The molecule has 32 heavy (non-hydrogen) atoms. The summed E-state index contributed by atoms with van der Waals surface area (Å²) >= 11 is 22.9. The van der Waals surface area contributed by atoms with Gasteiger partial charge in [-0.3, -0.25) is 0 Å². The van der Waals surface area contributed by atoms with E-state index in [0.29, 0.717) is 21.7 Å². The molecular weight excluding hydrogens is 486 g/mol. The maximum absolute atomic E-state index is 5.76. The molecule has 4 nitrogen and oxygen atoms in total. The van der Waals surface area contributed by atoms with Crippen molar-refractivity contribution in [1.29, 1.82) is 0 Å². The minimum absolute atomic E-state index is 0.153. The van der Waals surface area contributed by atoms with Crippen molar-refractivity contribution in [2.75, 3.05) is 0 Å². The lowest BCUT2D eigenvalue weighted by Gasteiger charge is -1.95. The van der Waals surface area contributed by atoms with Crippen molar-refractivity contribution in [3.8, 4) is 0 Å². The molecule has 0 saturated heterocycles. The highest BCUT2D eigenvalue weighted by molar-refractivity contribution is 6.32. The Labute approximate surface area is 206 Å².